The average molecular weight is 312 g/mol. The van der Waals surface area contributed by atoms with Gasteiger partial charge in [0, 0.05) is 4.91 Å². The number of nitrogens with zero attached hydrogens (tertiary/aromatic N) is 13. The van der Waals surface area contributed by atoms with Gasteiger partial charge in [0.1, 0.15) is 6.07 Å². The number of hydrogen-bond donors (Lipinski definition) is 3. The van der Waals surface area contributed by atoms with Crippen LogP contribution in [0, 0.1) is 11.3 Å². The molecule has 0 aliphatic rings. The number of azide groups is 1. The van der Waals surface area contributed by atoms with Crippen molar-refractivity contribution in [3.63, 3.8) is 0 Å². The van der Waals surface area contributed by atoms with E-state index in [9.17, 15) is 0 Å². The van der Waals surface area contributed by atoms with Gasteiger partial charge in [0.2, 0.25) is 17.8 Å². The summed E-state index contributed by atoms with van der Waals surface area (Å²) in [5.41, 5.74) is 13.8. The average Bonchev–Trinajstić information content (AvgIpc) is 3.15. The van der Waals surface area contributed by atoms with Gasteiger partial charge in [-0.05, 0) is 10.6 Å². The second-order valence-electron chi connectivity index (χ2n) is 3.64. The molecule has 16 nitrogen and oxygen atoms in total. The van der Waals surface area contributed by atoms with Crippen molar-refractivity contribution in [3.05, 3.63) is 16.3 Å². The molecule has 0 aliphatic carbocycles. The van der Waals surface area contributed by atoms with Gasteiger partial charge in [-0.25, -0.2) is 5.10 Å². The van der Waals surface area contributed by atoms with E-state index in [1.165, 1.54) is 0 Å². The topological polar surface area (TPSA) is 234 Å². The molecule has 0 fully saturated rings. The summed E-state index contributed by atoms with van der Waals surface area (Å²) in [4.78, 5) is 9.99. The van der Waals surface area contributed by atoms with Crippen LogP contribution in [0.1, 0.15) is 5.82 Å². The molecule has 3 aromatic rings. The Hall–Kier alpha value is -4.38. The van der Waals surface area contributed by atoms with Crippen LogP contribution in [0.15, 0.2) is 5.11 Å². The van der Waals surface area contributed by atoms with Crippen LogP contribution in [0.3, 0.4) is 0 Å². The van der Waals surface area contributed by atoms with Crippen LogP contribution >= 0.6 is 0 Å². The molecule has 3 aromatic heterocycles. The number of rotatable bonds is 4. The van der Waals surface area contributed by atoms with Crippen molar-refractivity contribution < 1.29 is 0 Å². The van der Waals surface area contributed by atoms with Crippen LogP contribution < -0.4 is 11.1 Å². The molecule has 0 spiro atoms. The van der Waals surface area contributed by atoms with Crippen LogP contribution in [-0.4, -0.2) is 50.3 Å². The fourth-order valence-corrected chi connectivity index (χ4v) is 1.38. The van der Waals surface area contributed by atoms with Gasteiger partial charge < -0.3 is 5.73 Å². The van der Waals surface area contributed by atoms with E-state index in [4.69, 9.17) is 16.5 Å². The van der Waals surface area contributed by atoms with Gasteiger partial charge in [-0.3, -0.25) is 5.32 Å². The Morgan fingerprint density at radius 3 is 2.74 bits per heavy atom. The van der Waals surface area contributed by atoms with Crippen LogP contribution in [0.2, 0.25) is 0 Å². The molecule has 0 unspecified atom stereocenters. The van der Waals surface area contributed by atoms with E-state index in [0.717, 1.165) is 4.68 Å². The zero-order chi connectivity index (χ0) is 16.2. The molecule has 16 heteroatoms. The Balaban J connectivity index is 1.80. The quantitative estimate of drug-likeness (QED) is 0.303. The summed E-state index contributed by atoms with van der Waals surface area (Å²) >= 11 is 0. The molecule has 0 amide bonds. The Morgan fingerprint density at radius 1 is 1.30 bits per heavy atom. The van der Waals surface area contributed by atoms with Crippen LogP contribution in [0.4, 0.5) is 23.8 Å². The normalized spacial score (nSPS) is 9.87. The third-order valence-electron chi connectivity index (χ3n) is 2.23. The number of nitrogens with one attached hydrogen (secondary N) is 2. The SMILES string of the molecule is N#Cc1nc(N)n(-c2nnc(Nc3nc(N=[N+]=[N-])n[nH]3)nn2)n1. The highest BCUT2D eigenvalue weighted by Gasteiger charge is 2.12. The summed E-state index contributed by atoms with van der Waals surface area (Å²) in [6.07, 6.45) is 0. The van der Waals surface area contributed by atoms with Gasteiger partial charge >= 0.3 is 0 Å². The third-order valence-corrected chi connectivity index (χ3v) is 2.23. The van der Waals surface area contributed by atoms with Crippen molar-refractivity contribution in [2.45, 2.75) is 0 Å². The third kappa shape index (κ3) is 2.74. The first kappa shape index (κ1) is 13.6. The summed E-state index contributed by atoms with van der Waals surface area (Å²) in [6, 6.07) is 1.73. The van der Waals surface area contributed by atoms with Gasteiger partial charge in [0.25, 0.3) is 17.7 Å². The number of H-pyrrole nitrogens is 1. The molecule has 3 rings (SSSR count). The molecule has 0 radical (unpaired) electrons. The largest absolute Gasteiger partial charge is 0.368 e. The Labute approximate surface area is 125 Å². The summed E-state index contributed by atoms with van der Waals surface area (Å²) in [6.45, 7) is 0. The number of hydrogen-bond acceptors (Lipinski definition) is 12. The molecule has 0 atom stereocenters. The standard InChI is InChI=1S/C7H4N16/c8-1-2-11-3(9)23(21-2)7-19-16-5(17-20-7)12-4-13-6(15-14-4)18-22-10/h(H2,9,11,21)(H2,12,13,14,15,16,17). The number of anilines is 3. The zero-order valence-corrected chi connectivity index (χ0v) is 10.9. The molecule has 4 N–H and O–H groups in total. The maximum atomic E-state index is 8.70. The monoisotopic (exact) mass is 312 g/mol. The Bertz CT molecular complexity index is 918. The Kier molecular flexibility index (Phi) is 3.28. The van der Waals surface area contributed by atoms with E-state index in [1.807, 2.05) is 0 Å². The first-order valence-electron chi connectivity index (χ1n) is 5.64. The van der Waals surface area contributed by atoms with E-state index in [2.05, 4.69) is 61.0 Å². The van der Waals surface area contributed by atoms with Crippen molar-refractivity contribution in [3.8, 4) is 12.0 Å². The highest BCUT2D eigenvalue weighted by atomic mass is 15.5. The molecular weight excluding hydrogens is 308 g/mol. The highest BCUT2D eigenvalue weighted by Crippen LogP contribution is 2.10. The second-order valence-corrected chi connectivity index (χ2v) is 3.64. The van der Waals surface area contributed by atoms with E-state index < -0.39 is 0 Å². The van der Waals surface area contributed by atoms with Gasteiger partial charge in [0.15, 0.2) is 0 Å². The van der Waals surface area contributed by atoms with Crippen molar-refractivity contribution in [1.29, 1.82) is 5.26 Å². The van der Waals surface area contributed by atoms with Gasteiger partial charge in [-0.15, -0.1) is 25.5 Å². The highest BCUT2D eigenvalue weighted by molar-refractivity contribution is 5.42. The van der Waals surface area contributed by atoms with Crippen molar-refractivity contribution >= 4 is 23.8 Å². The lowest BCUT2D eigenvalue weighted by Gasteiger charge is -2.00. The van der Waals surface area contributed by atoms with Crippen LogP contribution in [-0.2, 0) is 0 Å². The molecule has 112 valence electrons. The number of aromatic nitrogens is 10. The van der Waals surface area contributed by atoms with Crippen LogP contribution in [0.25, 0.3) is 16.4 Å². The fourth-order valence-electron chi connectivity index (χ4n) is 1.38. The minimum Gasteiger partial charge on any atom is -0.368 e. The van der Waals surface area contributed by atoms with Crippen molar-refractivity contribution in [1.82, 2.24) is 50.3 Å². The molecule has 0 aromatic carbocycles. The lowest BCUT2D eigenvalue weighted by Crippen LogP contribution is -2.11. The summed E-state index contributed by atoms with van der Waals surface area (Å²) in [5.74, 6) is -0.297. The molecule has 0 saturated carbocycles. The number of nitrogens with two attached hydrogens (primary N) is 1. The lowest BCUT2D eigenvalue weighted by molar-refractivity contribution is 0.736. The number of aromatic amines is 1. The molecule has 3 heterocycles. The fraction of sp³-hybridized carbons (Fsp3) is 0. The van der Waals surface area contributed by atoms with Crippen molar-refractivity contribution in [2.75, 3.05) is 11.1 Å². The summed E-state index contributed by atoms with van der Waals surface area (Å²) < 4.78 is 1.01. The van der Waals surface area contributed by atoms with Gasteiger partial charge in [-0.1, -0.05) is 0 Å². The number of nitrogen functional groups attached to an aromatic ring is 1. The summed E-state index contributed by atoms with van der Waals surface area (Å²) in [7, 11) is 0. The van der Waals surface area contributed by atoms with Crippen molar-refractivity contribution in [2.24, 2.45) is 5.11 Å². The maximum Gasteiger partial charge on any atom is 0.292 e. The second kappa shape index (κ2) is 5.55. The minimum atomic E-state index is -0.138. The predicted octanol–water partition coefficient (Wildman–Crippen LogP) is -0.895. The van der Waals surface area contributed by atoms with Crippen LogP contribution in [0.5, 0.6) is 0 Å². The van der Waals surface area contributed by atoms with Gasteiger partial charge in [-0.2, -0.15) is 25.0 Å². The van der Waals surface area contributed by atoms with Gasteiger partial charge in [0.05, 0.1) is 0 Å². The molecule has 23 heavy (non-hydrogen) atoms. The lowest BCUT2D eigenvalue weighted by atomic mass is 10.7. The van der Waals surface area contributed by atoms with E-state index in [-0.39, 0.29) is 35.6 Å². The molecule has 0 aliphatic heterocycles. The first-order chi connectivity index (χ1) is 11.2. The zero-order valence-electron chi connectivity index (χ0n) is 10.9. The van der Waals surface area contributed by atoms with E-state index in [0.29, 0.717) is 0 Å². The predicted molar refractivity (Wildman–Crippen MR) is 70.1 cm³/mol. The van der Waals surface area contributed by atoms with E-state index in [1.54, 1.807) is 6.07 Å². The maximum absolute atomic E-state index is 8.70. The molecule has 0 saturated heterocycles. The van der Waals surface area contributed by atoms with E-state index >= 15 is 0 Å². The number of nitriles is 1. The molecule has 0 bridgehead atoms. The summed E-state index contributed by atoms with van der Waals surface area (Å²) in [5, 5.41) is 39.2. The first-order valence-corrected chi connectivity index (χ1v) is 5.64. The molecular formula is C7H4N16. The Morgan fingerprint density at radius 2 is 2.09 bits per heavy atom. The smallest absolute Gasteiger partial charge is 0.292 e. The minimum absolute atomic E-state index is 0.0171.